The van der Waals surface area contributed by atoms with Gasteiger partial charge < -0.3 is 20.1 Å². The van der Waals surface area contributed by atoms with Crippen molar-refractivity contribution in [1.29, 1.82) is 0 Å². The molecule has 1 rings (SSSR count). The number of methoxy groups -OCH3 is 1. The molecular weight excluding hydrogens is 224 g/mol. The van der Waals surface area contributed by atoms with Crippen LogP contribution in [0.15, 0.2) is 0 Å². The molecule has 98 valence electrons. The molecule has 6 nitrogen and oxygen atoms in total. The number of amides is 1. The highest BCUT2D eigenvalue weighted by molar-refractivity contribution is 5.81. The summed E-state index contributed by atoms with van der Waals surface area (Å²) in [5.41, 5.74) is 0. The molecule has 0 spiro atoms. The van der Waals surface area contributed by atoms with Crippen LogP contribution in [0.4, 0.5) is 0 Å². The fraction of sp³-hybridized carbons (Fsp3) is 0.818. The Labute approximate surface area is 101 Å². The normalized spacial score (nSPS) is 19.2. The number of nitrogens with zero attached hydrogens (tertiary/aromatic N) is 1. The summed E-state index contributed by atoms with van der Waals surface area (Å²) in [6.07, 6.45) is 2.43. The van der Waals surface area contributed by atoms with Gasteiger partial charge in [0.05, 0.1) is 6.61 Å². The maximum absolute atomic E-state index is 11.9. The average molecular weight is 244 g/mol. The van der Waals surface area contributed by atoms with Gasteiger partial charge in [0.2, 0.25) is 5.91 Å². The maximum atomic E-state index is 11.9. The van der Waals surface area contributed by atoms with Crippen LogP contribution in [-0.2, 0) is 14.3 Å². The fourth-order valence-corrected chi connectivity index (χ4v) is 1.93. The van der Waals surface area contributed by atoms with Crippen molar-refractivity contribution >= 4 is 11.9 Å². The fourth-order valence-electron chi connectivity index (χ4n) is 1.93. The van der Waals surface area contributed by atoms with E-state index >= 15 is 0 Å². The summed E-state index contributed by atoms with van der Waals surface area (Å²) in [5.74, 6) is -1.11. The molecule has 0 radical (unpaired) electrons. The van der Waals surface area contributed by atoms with Crippen LogP contribution in [0, 0.1) is 0 Å². The van der Waals surface area contributed by atoms with Gasteiger partial charge in [-0.3, -0.25) is 9.59 Å². The summed E-state index contributed by atoms with van der Waals surface area (Å²) in [5, 5.41) is 12.0. The van der Waals surface area contributed by atoms with Gasteiger partial charge in [0.1, 0.15) is 6.54 Å². The van der Waals surface area contributed by atoms with Crippen LogP contribution >= 0.6 is 0 Å². The third-order valence-electron chi connectivity index (χ3n) is 2.83. The van der Waals surface area contributed by atoms with E-state index in [0.717, 1.165) is 19.4 Å². The Morgan fingerprint density at radius 1 is 1.53 bits per heavy atom. The van der Waals surface area contributed by atoms with Gasteiger partial charge in [-0.2, -0.15) is 0 Å². The van der Waals surface area contributed by atoms with Crippen molar-refractivity contribution in [2.24, 2.45) is 0 Å². The van der Waals surface area contributed by atoms with Crippen LogP contribution < -0.4 is 5.32 Å². The topological polar surface area (TPSA) is 78.9 Å². The minimum atomic E-state index is -0.992. The molecule has 1 unspecified atom stereocenters. The van der Waals surface area contributed by atoms with Crippen molar-refractivity contribution in [3.05, 3.63) is 0 Å². The van der Waals surface area contributed by atoms with E-state index in [4.69, 9.17) is 9.84 Å². The van der Waals surface area contributed by atoms with Crippen LogP contribution in [0.5, 0.6) is 0 Å². The molecule has 1 saturated heterocycles. The van der Waals surface area contributed by atoms with E-state index < -0.39 is 5.97 Å². The highest BCUT2D eigenvalue weighted by Gasteiger charge is 2.22. The van der Waals surface area contributed by atoms with Gasteiger partial charge >= 0.3 is 5.97 Å². The lowest BCUT2D eigenvalue weighted by Gasteiger charge is -2.22. The van der Waals surface area contributed by atoms with E-state index in [1.165, 1.54) is 12.0 Å². The SMILES string of the molecule is COCCN(CC(=O)O)C(=O)CC1CCCN1. The summed E-state index contributed by atoms with van der Waals surface area (Å²) in [4.78, 5) is 23.9. The first-order valence-electron chi connectivity index (χ1n) is 5.85. The first kappa shape index (κ1) is 13.9. The van der Waals surface area contributed by atoms with Crippen LogP contribution in [-0.4, -0.2) is 61.3 Å². The number of carbonyl (C=O) groups is 2. The van der Waals surface area contributed by atoms with E-state index in [1.54, 1.807) is 0 Å². The quantitative estimate of drug-likeness (QED) is 0.642. The van der Waals surface area contributed by atoms with Crippen molar-refractivity contribution in [2.75, 3.05) is 33.4 Å². The molecule has 17 heavy (non-hydrogen) atoms. The lowest BCUT2D eigenvalue weighted by Crippen LogP contribution is -2.40. The van der Waals surface area contributed by atoms with Crippen molar-refractivity contribution < 1.29 is 19.4 Å². The van der Waals surface area contributed by atoms with Gasteiger partial charge in [-0.15, -0.1) is 0 Å². The predicted octanol–water partition coefficient (Wildman–Crippen LogP) is -0.312. The Hall–Kier alpha value is -1.14. The highest BCUT2D eigenvalue weighted by atomic mass is 16.5. The molecule has 0 saturated carbocycles. The number of rotatable bonds is 7. The summed E-state index contributed by atoms with van der Waals surface area (Å²) in [7, 11) is 1.53. The summed E-state index contributed by atoms with van der Waals surface area (Å²) in [6.45, 7) is 1.37. The van der Waals surface area contributed by atoms with Crippen LogP contribution in [0.3, 0.4) is 0 Å². The first-order chi connectivity index (χ1) is 8.13. The minimum Gasteiger partial charge on any atom is -0.480 e. The zero-order valence-electron chi connectivity index (χ0n) is 10.1. The second-order valence-electron chi connectivity index (χ2n) is 4.20. The second-order valence-corrected chi connectivity index (χ2v) is 4.20. The molecule has 0 bridgehead atoms. The Kier molecular flexibility index (Phi) is 5.93. The van der Waals surface area contributed by atoms with Crippen LogP contribution in [0.2, 0.25) is 0 Å². The van der Waals surface area contributed by atoms with E-state index in [-0.39, 0.29) is 18.5 Å². The number of hydrogen-bond donors (Lipinski definition) is 2. The molecule has 1 atom stereocenters. The maximum Gasteiger partial charge on any atom is 0.323 e. The molecule has 0 aromatic carbocycles. The van der Waals surface area contributed by atoms with E-state index in [2.05, 4.69) is 5.32 Å². The molecule has 0 aromatic heterocycles. The number of carbonyl (C=O) groups excluding carboxylic acids is 1. The molecule has 1 aliphatic heterocycles. The molecule has 6 heteroatoms. The third-order valence-corrected chi connectivity index (χ3v) is 2.83. The van der Waals surface area contributed by atoms with Crippen molar-refractivity contribution in [1.82, 2.24) is 10.2 Å². The molecule has 1 aliphatic rings. The number of ether oxygens (including phenoxy) is 1. The van der Waals surface area contributed by atoms with Crippen LogP contribution in [0.25, 0.3) is 0 Å². The summed E-state index contributed by atoms with van der Waals surface area (Å²) >= 11 is 0. The number of hydrogen-bond acceptors (Lipinski definition) is 4. The Balaban J connectivity index is 2.42. The van der Waals surface area contributed by atoms with Crippen molar-refractivity contribution in [3.8, 4) is 0 Å². The molecule has 0 aromatic rings. The average Bonchev–Trinajstić information content (AvgIpc) is 2.76. The van der Waals surface area contributed by atoms with Gasteiger partial charge in [-0.1, -0.05) is 0 Å². The van der Waals surface area contributed by atoms with Crippen molar-refractivity contribution in [2.45, 2.75) is 25.3 Å². The van der Waals surface area contributed by atoms with E-state index in [0.29, 0.717) is 19.6 Å². The third kappa shape index (κ3) is 5.14. The standard InChI is InChI=1S/C11H20N2O4/c1-17-6-5-13(8-11(15)16)10(14)7-9-3-2-4-12-9/h9,12H,2-8H2,1H3,(H,15,16). The second kappa shape index (κ2) is 7.24. The first-order valence-corrected chi connectivity index (χ1v) is 5.85. The smallest absolute Gasteiger partial charge is 0.323 e. The molecule has 2 N–H and O–H groups in total. The molecule has 0 aliphatic carbocycles. The molecule has 1 amide bonds. The van der Waals surface area contributed by atoms with E-state index in [1.807, 2.05) is 0 Å². The van der Waals surface area contributed by atoms with E-state index in [9.17, 15) is 9.59 Å². The summed E-state index contributed by atoms with van der Waals surface area (Å²) in [6, 6.07) is 0.196. The van der Waals surface area contributed by atoms with Gasteiger partial charge in [0.25, 0.3) is 0 Å². The molecule has 1 heterocycles. The predicted molar refractivity (Wildman–Crippen MR) is 61.7 cm³/mol. The zero-order valence-corrected chi connectivity index (χ0v) is 10.1. The molecule has 1 fully saturated rings. The number of carboxylic acid groups (broad SMARTS) is 1. The Morgan fingerprint density at radius 2 is 2.29 bits per heavy atom. The van der Waals surface area contributed by atoms with Gasteiger partial charge in [0, 0.05) is 26.1 Å². The van der Waals surface area contributed by atoms with Gasteiger partial charge in [-0.25, -0.2) is 0 Å². The van der Waals surface area contributed by atoms with Gasteiger partial charge in [0.15, 0.2) is 0 Å². The highest BCUT2D eigenvalue weighted by Crippen LogP contribution is 2.10. The minimum absolute atomic E-state index is 0.121. The summed E-state index contributed by atoms with van der Waals surface area (Å²) < 4.78 is 4.87. The lowest BCUT2D eigenvalue weighted by atomic mass is 10.1. The van der Waals surface area contributed by atoms with Gasteiger partial charge in [-0.05, 0) is 19.4 Å². The number of carboxylic acids is 1. The molecular formula is C11H20N2O4. The van der Waals surface area contributed by atoms with Crippen LogP contribution in [0.1, 0.15) is 19.3 Å². The zero-order chi connectivity index (χ0) is 12.7. The number of aliphatic carboxylic acids is 1. The Morgan fingerprint density at radius 3 is 2.82 bits per heavy atom. The lowest BCUT2D eigenvalue weighted by molar-refractivity contribution is -0.145. The Bertz CT molecular complexity index is 264. The number of nitrogens with one attached hydrogen (secondary N) is 1. The largest absolute Gasteiger partial charge is 0.480 e. The monoisotopic (exact) mass is 244 g/mol. The van der Waals surface area contributed by atoms with Crippen molar-refractivity contribution in [3.63, 3.8) is 0 Å².